The first-order chi connectivity index (χ1) is 9.54. The van der Waals surface area contributed by atoms with Gasteiger partial charge in [0, 0.05) is 7.11 Å². The third-order valence-corrected chi connectivity index (χ3v) is 2.67. The molecule has 20 heavy (non-hydrogen) atoms. The molecule has 0 spiro atoms. The van der Waals surface area contributed by atoms with Gasteiger partial charge in [-0.3, -0.25) is 4.79 Å². The summed E-state index contributed by atoms with van der Waals surface area (Å²) in [7, 11) is -0.975. The van der Waals surface area contributed by atoms with Gasteiger partial charge in [0.1, 0.15) is 0 Å². The minimum atomic E-state index is -2.28. The quantitative estimate of drug-likeness (QED) is 0.347. The maximum Gasteiger partial charge on any atom is 0.537 e. The van der Waals surface area contributed by atoms with Crippen molar-refractivity contribution >= 4 is 20.0 Å². The van der Waals surface area contributed by atoms with Crippen molar-refractivity contribution in [1.82, 2.24) is 0 Å². The van der Waals surface area contributed by atoms with Gasteiger partial charge in [-0.1, -0.05) is 11.8 Å². The first-order valence-electron chi connectivity index (χ1n) is 5.34. The zero-order valence-corrected chi connectivity index (χ0v) is 11.8. The van der Waals surface area contributed by atoms with Crippen molar-refractivity contribution in [3.8, 4) is 24.7 Å². The lowest BCUT2D eigenvalue weighted by Gasteiger charge is -2.09. The van der Waals surface area contributed by atoms with Gasteiger partial charge in [-0.05, 0) is 4.57 Å². The number of hydrogen-bond acceptors (Lipinski definition) is 7. The van der Waals surface area contributed by atoms with Gasteiger partial charge < -0.3 is 14.2 Å². The topological polar surface area (TPSA) is 88.1 Å². The monoisotopic (exact) mass is 301 g/mol. The average Bonchev–Trinajstić information content (AvgIpc) is 2.42. The largest absolute Gasteiger partial charge is 0.537 e. The van der Waals surface area contributed by atoms with Crippen LogP contribution in [0.1, 0.15) is 6.42 Å². The Morgan fingerprint density at radius 2 is 1.80 bits per heavy atom. The van der Waals surface area contributed by atoms with Crippen LogP contribution in [0.15, 0.2) is 0 Å². The van der Waals surface area contributed by atoms with Crippen LogP contribution in [0.2, 0.25) is 0 Å². The van der Waals surface area contributed by atoms with E-state index in [1.807, 2.05) is 0 Å². The number of ether oxygens (including phenoxy) is 3. The zero-order chi connectivity index (χ0) is 15.4. The van der Waals surface area contributed by atoms with Crippen LogP contribution in [-0.4, -0.2) is 44.7 Å². The number of carbonyl (C=O) groups excluding carboxylic acids is 2. The van der Waals surface area contributed by atoms with E-state index >= 15 is 0 Å². The molecule has 0 amide bonds. The molecular weight excluding hydrogens is 287 g/mol. The summed E-state index contributed by atoms with van der Waals surface area (Å²) >= 11 is 0. The van der Waals surface area contributed by atoms with Crippen molar-refractivity contribution in [2.24, 2.45) is 0 Å². The zero-order valence-electron chi connectivity index (χ0n) is 10.9. The van der Waals surface area contributed by atoms with Crippen LogP contribution in [0.25, 0.3) is 0 Å². The third-order valence-electron chi connectivity index (χ3n) is 1.71. The number of hydrogen-bond donors (Lipinski definition) is 0. The average molecular weight is 301 g/mol. The summed E-state index contributed by atoms with van der Waals surface area (Å²) in [5.41, 5.74) is 0. The summed E-state index contributed by atoms with van der Waals surface area (Å²) in [6, 6.07) is 0. The Labute approximate surface area is 117 Å². The fraction of sp³-hybridized carbons (Fsp3) is 0.500. The Kier molecular flexibility index (Phi) is 9.90. The molecule has 8 heteroatoms. The molecule has 0 aliphatic rings. The molecule has 0 saturated carbocycles. The van der Waals surface area contributed by atoms with E-state index in [4.69, 9.17) is 17.4 Å². The molecule has 0 aliphatic carbocycles. The number of terminal acetylenes is 2. The van der Waals surface area contributed by atoms with Crippen molar-refractivity contribution in [2.75, 3.05) is 26.7 Å². The van der Waals surface area contributed by atoms with Crippen molar-refractivity contribution in [2.45, 2.75) is 12.5 Å². The molecule has 0 bridgehead atoms. The van der Waals surface area contributed by atoms with E-state index in [0.29, 0.717) is 0 Å². The van der Waals surface area contributed by atoms with Crippen LogP contribution in [0.4, 0.5) is 0 Å². The molecule has 108 valence electrons. The number of methoxy groups -OCH3 is 1. The minimum absolute atomic E-state index is 0.229. The van der Waals surface area contributed by atoms with Crippen LogP contribution in [-0.2, 0) is 32.9 Å². The van der Waals surface area contributed by atoms with Crippen molar-refractivity contribution in [1.29, 1.82) is 0 Å². The number of esters is 2. The molecular formula is C12H14O7P+. The molecule has 0 aromatic rings. The Morgan fingerprint density at radius 1 is 1.20 bits per heavy atom. The molecule has 0 aromatic heterocycles. The Hall–Kier alpha value is -1.92. The van der Waals surface area contributed by atoms with Gasteiger partial charge in [-0.25, -0.2) is 4.79 Å². The molecule has 0 rings (SSSR count). The van der Waals surface area contributed by atoms with E-state index in [1.165, 1.54) is 7.11 Å². The highest BCUT2D eigenvalue weighted by Gasteiger charge is 2.34. The second-order valence-corrected chi connectivity index (χ2v) is 4.36. The smallest absolute Gasteiger partial charge is 0.452 e. The summed E-state index contributed by atoms with van der Waals surface area (Å²) in [6.07, 6.45) is 7.74. The highest BCUT2D eigenvalue weighted by Crippen LogP contribution is 2.26. The van der Waals surface area contributed by atoms with E-state index in [0.717, 1.165) is 0 Å². The van der Waals surface area contributed by atoms with Gasteiger partial charge in [-0.15, -0.1) is 17.4 Å². The first-order valence-corrected chi connectivity index (χ1v) is 6.71. The van der Waals surface area contributed by atoms with E-state index in [-0.39, 0.29) is 19.6 Å². The molecule has 0 radical (unpaired) electrons. The minimum Gasteiger partial charge on any atom is -0.452 e. The maximum absolute atomic E-state index is 11.6. The molecule has 7 nitrogen and oxygen atoms in total. The van der Waals surface area contributed by atoms with E-state index in [2.05, 4.69) is 26.1 Å². The molecule has 0 aliphatic heterocycles. The SMILES string of the molecule is C#CCOC(=O)CC(O[P+](=O)COC)C(=O)OCC#C. The summed E-state index contributed by atoms with van der Waals surface area (Å²) in [5.74, 6) is 2.47. The van der Waals surface area contributed by atoms with Gasteiger partial charge in [0.25, 0.3) is 6.35 Å². The second kappa shape index (κ2) is 11.0. The fourth-order valence-electron chi connectivity index (χ4n) is 0.980. The van der Waals surface area contributed by atoms with Crippen LogP contribution in [0.5, 0.6) is 0 Å². The predicted octanol–water partition coefficient (Wildman–Crippen LogP) is 0.461. The lowest BCUT2D eigenvalue weighted by Crippen LogP contribution is -2.28. The number of carbonyl (C=O) groups is 2. The summed E-state index contributed by atoms with van der Waals surface area (Å²) < 4.78 is 30.1. The number of rotatable bonds is 9. The van der Waals surface area contributed by atoms with E-state index < -0.39 is 32.5 Å². The highest BCUT2D eigenvalue weighted by atomic mass is 31.1. The van der Waals surface area contributed by atoms with Gasteiger partial charge in [-0.2, -0.15) is 0 Å². The predicted molar refractivity (Wildman–Crippen MR) is 68.6 cm³/mol. The molecule has 0 N–H and O–H groups in total. The highest BCUT2D eigenvalue weighted by molar-refractivity contribution is 7.38. The molecule has 0 heterocycles. The van der Waals surface area contributed by atoms with Crippen LogP contribution >= 0.6 is 8.03 Å². The lowest BCUT2D eigenvalue weighted by molar-refractivity contribution is -0.156. The van der Waals surface area contributed by atoms with Gasteiger partial charge in [0.15, 0.2) is 13.2 Å². The first kappa shape index (κ1) is 18.1. The van der Waals surface area contributed by atoms with Gasteiger partial charge in [0.2, 0.25) is 6.10 Å². The van der Waals surface area contributed by atoms with Crippen LogP contribution in [0, 0.1) is 24.7 Å². The molecule has 0 aromatic carbocycles. The summed E-state index contributed by atoms with van der Waals surface area (Å²) in [6.45, 7) is -0.533. The van der Waals surface area contributed by atoms with Crippen LogP contribution < -0.4 is 0 Å². The lowest BCUT2D eigenvalue weighted by atomic mass is 10.2. The summed E-state index contributed by atoms with van der Waals surface area (Å²) in [5, 5.41) is 0. The maximum atomic E-state index is 11.6. The van der Waals surface area contributed by atoms with E-state index in [9.17, 15) is 14.2 Å². The third kappa shape index (κ3) is 8.23. The van der Waals surface area contributed by atoms with Crippen molar-refractivity contribution < 1.29 is 32.9 Å². The van der Waals surface area contributed by atoms with E-state index in [1.54, 1.807) is 0 Å². The Bertz CT molecular complexity index is 432. The Morgan fingerprint density at radius 3 is 2.35 bits per heavy atom. The Balaban J connectivity index is 4.57. The second-order valence-electron chi connectivity index (χ2n) is 3.23. The molecule has 2 atom stereocenters. The van der Waals surface area contributed by atoms with Gasteiger partial charge >= 0.3 is 20.0 Å². The molecule has 2 unspecified atom stereocenters. The molecule has 0 fully saturated rings. The van der Waals surface area contributed by atoms with Gasteiger partial charge in [0.05, 0.1) is 6.42 Å². The standard InChI is InChI=1S/C12H14O7P/c1-4-6-17-11(13)8-10(12(14)18-7-5-2)19-20(15)9-16-3/h1-2,10H,6-9H2,3H3/q+1. The molecule has 0 saturated heterocycles. The van der Waals surface area contributed by atoms with Crippen LogP contribution in [0.3, 0.4) is 0 Å². The normalized spacial score (nSPS) is 11.7. The summed E-state index contributed by atoms with van der Waals surface area (Å²) in [4.78, 5) is 22.9. The van der Waals surface area contributed by atoms with Crippen molar-refractivity contribution in [3.05, 3.63) is 0 Å². The fourth-order valence-corrected chi connectivity index (χ4v) is 1.70. The van der Waals surface area contributed by atoms with Crippen molar-refractivity contribution in [3.63, 3.8) is 0 Å².